The average Bonchev–Trinajstić information content (AvgIpc) is 3.19. The summed E-state index contributed by atoms with van der Waals surface area (Å²) in [7, 11) is 1.55. The first-order chi connectivity index (χ1) is 13.1. The Morgan fingerprint density at radius 1 is 1.11 bits per heavy atom. The smallest absolute Gasteiger partial charge is 0.358 e. The second kappa shape index (κ2) is 8.18. The zero-order valence-corrected chi connectivity index (χ0v) is 15.0. The van der Waals surface area contributed by atoms with Gasteiger partial charge < -0.3 is 14.8 Å². The van der Waals surface area contributed by atoms with Crippen molar-refractivity contribution < 1.29 is 19.1 Å². The summed E-state index contributed by atoms with van der Waals surface area (Å²) in [4.78, 5) is 24.2. The van der Waals surface area contributed by atoms with Gasteiger partial charge in [-0.25, -0.2) is 9.48 Å². The molecule has 3 rings (SSSR count). The number of hydrogen-bond acceptors (Lipinski definition) is 5. The lowest BCUT2D eigenvalue weighted by Crippen LogP contribution is -2.12. The first-order valence-corrected chi connectivity index (χ1v) is 8.39. The molecule has 0 aliphatic rings. The Balaban J connectivity index is 1.77. The van der Waals surface area contributed by atoms with E-state index >= 15 is 0 Å². The maximum absolute atomic E-state index is 12.4. The number of methoxy groups -OCH3 is 1. The van der Waals surface area contributed by atoms with Crippen LogP contribution in [0.5, 0.6) is 5.75 Å². The lowest BCUT2D eigenvalue weighted by Gasteiger charge is -2.08. The van der Waals surface area contributed by atoms with Crippen molar-refractivity contribution in [2.75, 3.05) is 19.0 Å². The number of esters is 1. The fraction of sp³-hybridized carbons (Fsp3) is 0.150. The zero-order valence-electron chi connectivity index (χ0n) is 15.0. The molecule has 1 amide bonds. The quantitative estimate of drug-likeness (QED) is 0.678. The molecule has 0 bridgehead atoms. The van der Waals surface area contributed by atoms with E-state index in [1.165, 1.54) is 0 Å². The lowest BCUT2D eigenvalue weighted by atomic mass is 10.2. The predicted molar refractivity (Wildman–Crippen MR) is 100 cm³/mol. The number of carbonyl (C=O) groups excluding carboxylic acids is 2. The van der Waals surface area contributed by atoms with Crippen molar-refractivity contribution in [1.82, 2.24) is 9.78 Å². The Hall–Kier alpha value is -3.61. The molecule has 0 saturated heterocycles. The first kappa shape index (κ1) is 18.2. The van der Waals surface area contributed by atoms with Crippen molar-refractivity contribution in [1.29, 1.82) is 0 Å². The minimum Gasteiger partial charge on any atom is -0.497 e. The maximum Gasteiger partial charge on any atom is 0.358 e. The molecule has 0 aliphatic heterocycles. The molecule has 7 nitrogen and oxygen atoms in total. The van der Waals surface area contributed by atoms with Gasteiger partial charge in [-0.15, -0.1) is 0 Å². The van der Waals surface area contributed by atoms with Gasteiger partial charge in [0.1, 0.15) is 5.75 Å². The van der Waals surface area contributed by atoms with Crippen LogP contribution in [0.15, 0.2) is 60.8 Å². The van der Waals surface area contributed by atoms with Gasteiger partial charge in [0.25, 0.3) is 5.91 Å². The molecule has 1 aromatic heterocycles. The van der Waals surface area contributed by atoms with Crippen molar-refractivity contribution in [3.05, 3.63) is 72.1 Å². The van der Waals surface area contributed by atoms with Crippen LogP contribution in [0, 0.1) is 0 Å². The van der Waals surface area contributed by atoms with Crippen molar-refractivity contribution in [2.45, 2.75) is 6.92 Å². The number of benzene rings is 2. The second-order valence-electron chi connectivity index (χ2n) is 5.60. The fourth-order valence-electron chi connectivity index (χ4n) is 2.48. The molecule has 0 atom stereocenters. The summed E-state index contributed by atoms with van der Waals surface area (Å²) in [6, 6.07) is 15.6. The Morgan fingerprint density at radius 3 is 2.70 bits per heavy atom. The van der Waals surface area contributed by atoms with E-state index in [9.17, 15) is 9.59 Å². The molecule has 1 heterocycles. The monoisotopic (exact) mass is 365 g/mol. The van der Waals surface area contributed by atoms with Crippen LogP contribution in [0.2, 0.25) is 0 Å². The molecular weight excluding hydrogens is 346 g/mol. The number of anilines is 1. The van der Waals surface area contributed by atoms with E-state index < -0.39 is 5.97 Å². The van der Waals surface area contributed by atoms with Crippen LogP contribution in [0.25, 0.3) is 5.69 Å². The molecule has 27 heavy (non-hydrogen) atoms. The van der Waals surface area contributed by atoms with Gasteiger partial charge in [-0.3, -0.25) is 4.79 Å². The third kappa shape index (κ3) is 4.33. The zero-order chi connectivity index (χ0) is 19.2. The molecule has 0 unspecified atom stereocenters. The number of amides is 1. The SMILES string of the molecule is CCOC(=O)c1ccn(-c2cccc(NC(=O)c3cccc(OC)c3)c2)n1. The fourth-order valence-corrected chi connectivity index (χ4v) is 2.48. The summed E-state index contributed by atoms with van der Waals surface area (Å²) >= 11 is 0. The molecule has 0 saturated carbocycles. The first-order valence-electron chi connectivity index (χ1n) is 8.39. The van der Waals surface area contributed by atoms with Crippen molar-refractivity contribution >= 4 is 17.6 Å². The molecule has 0 fully saturated rings. The number of nitrogens with zero attached hydrogens (tertiary/aromatic N) is 2. The van der Waals surface area contributed by atoms with E-state index in [1.807, 2.05) is 6.07 Å². The van der Waals surface area contributed by atoms with Gasteiger partial charge in [0.05, 0.1) is 19.4 Å². The van der Waals surface area contributed by atoms with E-state index in [4.69, 9.17) is 9.47 Å². The molecule has 0 aliphatic carbocycles. The van der Waals surface area contributed by atoms with Crippen LogP contribution in [0.4, 0.5) is 5.69 Å². The third-order valence-electron chi connectivity index (χ3n) is 3.77. The summed E-state index contributed by atoms with van der Waals surface area (Å²) in [5.74, 6) is -0.114. The average molecular weight is 365 g/mol. The number of nitrogens with one attached hydrogen (secondary N) is 1. The van der Waals surface area contributed by atoms with Gasteiger partial charge in [-0.1, -0.05) is 12.1 Å². The second-order valence-corrected chi connectivity index (χ2v) is 5.60. The van der Waals surface area contributed by atoms with Crippen molar-refractivity contribution in [3.8, 4) is 11.4 Å². The van der Waals surface area contributed by atoms with Gasteiger partial charge in [0.2, 0.25) is 0 Å². The van der Waals surface area contributed by atoms with Gasteiger partial charge in [-0.2, -0.15) is 5.10 Å². The number of aromatic nitrogens is 2. The highest BCUT2D eigenvalue weighted by molar-refractivity contribution is 6.04. The topological polar surface area (TPSA) is 82.5 Å². The minimum absolute atomic E-state index is 0.225. The Labute approximate surface area is 156 Å². The number of ether oxygens (including phenoxy) is 2. The van der Waals surface area contributed by atoms with Gasteiger partial charge in [-0.05, 0) is 49.4 Å². The maximum atomic E-state index is 12.4. The molecule has 0 radical (unpaired) electrons. The summed E-state index contributed by atoms with van der Waals surface area (Å²) in [5, 5.41) is 7.06. The van der Waals surface area contributed by atoms with Crippen LogP contribution in [-0.4, -0.2) is 35.4 Å². The highest BCUT2D eigenvalue weighted by Gasteiger charge is 2.12. The lowest BCUT2D eigenvalue weighted by molar-refractivity contribution is 0.0519. The Bertz CT molecular complexity index is 965. The molecule has 138 valence electrons. The summed E-state index contributed by atoms with van der Waals surface area (Å²) in [6.07, 6.45) is 1.66. The standard InChI is InChI=1S/C20H19N3O4/c1-3-27-20(25)18-10-11-23(22-18)16-8-5-7-15(13-16)21-19(24)14-6-4-9-17(12-14)26-2/h4-13H,3H2,1-2H3,(H,21,24). The van der Waals surface area contributed by atoms with Crippen LogP contribution >= 0.6 is 0 Å². The molecule has 2 aromatic carbocycles. The summed E-state index contributed by atoms with van der Waals surface area (Å²) < 4.78 is 11.6. The molecule has 1 N–H and O–H groups in total. The highest BCUT2D eigenvalue weighted by Crippen LogP contribution is 2.18. The molecule has 7 heteroatoms. The Morgan fingerprint density at radius 2 is 1.93 bits per heavy atom. The summed E-state index contributed by atoms with van der Waals surface area (Å²) in [6.45, 7) is 2.03. The number of rotatable bonds is 6. The van der Waals surface area contributed by atoms with E-state index in [-0.39, 0.29) is 18.2 Å². The summed E-state index contributed by atoms with van der Waals surface area (Å²) in [5.41, 5.74) is 2.02. The minimum atomic E-state index is -0.473. The molecular formula is C20H19N3O4. The normalized spacial score (nSPS) is 10.3. The van der Waals surface area contributed by atoms with Gasteiger partial charge in [0, 0.05) is 17.4 Å². The van der Waals surface area contributed by atoms with E-state index in [0.717, 1.165) is 0 Å². The van der Waals surface area contributed by atoms with E-state index in [2.05, 4.69) is 10.4 Å². The van der Waals surface area contributed by atoms with Gasteiger partial charge >= 0.3 is 5.97 Å². The van der Waals surface area contributed by atoms with Crippen molar-refractivity contribution in [3.63, 3.8) is 0 Å². The number of hydrogen-bond donors (Lipinski definition) is 1. The molecule has 3 aromatic rings. The number of carbonyl (C=O) groups is 2. The van der Waals surface area contributed by atoms with Gasteiger partial charge in [0.15, 0.2) is 5.69 Å². The van der Waals surface area contributed by atoms with Crippen LogP contribution in [0.3, 0.4) is 0 Å². The third-order valence-corrected chi connectivity index (χ3v) is 3.77. The van der Waals surface area contributed by atoms with Crippen molar-refractivity contribution in [2.24, 2.45) is 0 Å². The van der Waals surface area contributed by atoms with E-state index in [0.29, 0.717) is 22.7 Å². The van der Waals surface area contributed by atoms with Crippen LogP contribution in [-0.2, 0) is 4.74 Å². The molecule has 0 spiro atoms. The van der Waals surface area contributed by atoms with Crippen LogP contribution < -0.4 is 10.1 Å². The predicted octanol–water partition coefficient (Wildman–Crippen LogP) is 3.31. The van der Waals surface area contributed by atoms with Crippen LogP contribution in [0.1, 0.15) is 27.8 Å². The highest BCUT2D eigenvalue weighted by atomic mass is 16.5. The van der Waals surface area contributed by atoms with E-state index in [1.54, 1.807) is 73.4 Å². The Kier molecular flexibility index (Phi) is 5.51. The largest absolute Gasteiger partial charge is 0.497 e.